The molecule has 0 unspecified atom stereocenters. The standard InChI is InChI=1S/C14H18F3N3O/c1-9-8-11(9)13(21)19-5-2-10(3-6-19)20-7-4-12(18-20)14(15,16)17/h4,7,9-11H,2-3,5-6,8H2,1H3/t9-,11+/m1/s1. The number of hydrogen-bond acceptors (Lipinski definition) is 2. The third-order valence-electron chi connectivity index (χ3n) is 4.48. The van der Waals surface area contributed by atoms with E-state index in [1.54, 1.807) is 0 Å². The molecule has 21 heavy (non-hydrogen) atoms. The van der Waals surface area contributed by atoms with Gasteiger partial charge < -0.3 is 4.90 Å². The Hall–Kier alpha value is -1.53. The van der Waals surface area contributed by atoms with Crippen LogP contribution < -0.4 is 0 Å². The first-order valence-corrected chi connectivity index (χ1v) is 7.27. The molecule has 4 nitrogen and oxygen atoms in total. The summed E-state index contributed by atoms with van der Waals surface area (Å²) in [6.07, 6.45) is -0.734. The molecule has 0 N–H and O–H groups in total. The molecule has 116 valence electrons. The largest absolute Gasteiger partial charge is 0.435 e. The second kappa shape index (κ2) is 5.03. The van der Waals surface area contributed by atoms with E-state index < -0.39 is 11.9 Å². The van der Waals surface area contributed by atoms with Gasteiger partial charge in [0.15, 0.2) is 5.69 Å². The van der Waals surface area contributed by atoms with Crippen molar-refractivity contribution in [3.8, 4) is 0 Å². The van der Waals surface area contributed by atoms with E-state index in [1.165, 1.54) is 10.9 Å². The van der Waals surface area contributed by atoms with E-state index in [1.807, 2.05) is 4.90 Å². The first kappa shape index (κ1) is 14.4. The fourth-order valence-electron chi connectivity index (χ4n) is 2.94. The van der Waals surface area contributed by atoms with Gasteiger partial charge in [-0.15, -0.1) is 0 Å². The Balaban J connectivity index is 1.58. The molecule has 3 rings (SSSR count). The van der Waals surface area contributed by atoms with Crippen molar-refractivity contribution in [2.45, 2.75) is 38.4 Å². The number of halogens is 3. The summed E-state index contributed by atoms with van der Waals surface area (Å²) in [5.74, 6) is 0.858. The van der Waals surface area contributed by atoms with Crippen LogP contribution in [0.3, 0.4) is 0 Å². The molecule has 0 aromatic carbocycles. The molecule has 1 amide bonds. The summed E-state index contributed by atoms with van der Waals surface area (Å²) < 4.78 is 39.0. The minimum atomic E-state index is -4.40. The molecule has 2 atom stereocenters. The SMILES string of the molecule is C[C@@H]1C[C@@H]1C(=O)N1CCC(n2ccc(C(F)(F)F)n2)CC1. The predicted molar refractivity (Wildman–Crippen MR) is 69.4 cm³/mol. The van der Waals surface area contributed by atoms with Crippen molar-refractivity contribution < 1.29 is 18.0 Å². The lowest BCUT2D eigenvalue weighted by molar-refractivity contribution is -0.141. The highest BCUT2D eigenvalue weighted by Gasteiger charge is 2.42. The summed E-state index contributed by atoms with van der Waals surface area (Å²) in [4.78, 5) is 14.0. The number of rotatable bonds is 2. The monoisotopic (exact) mass is 301 g/mol. The summed E-state index contributed by atoms with van der Waals surface area (Å²) in [6.45, 7) is 3.28. The van der Waals surface area contributed by atoms with Crippen molar-refractivity contribution in [2.24, 2.45) is 11.8 Å². The Morgan fingerprint density at radius 3 is 2.43 bits per heavy atom. The van der Waals surface area contributed by atoms with Crippen molar-refractivity contribution in [3.63, 3.8) is 0 Å². The first-order chi connectivity index (χ1) is 9.86. The number of carbonyl (C=O) groups is 1. The molecule has 1 saturated carbocycles. The Labute approximate surface area is 120 Å². The highest BCUT2D eigenvalue weighted by Crippen LogP contribution is 2.40. The summed E-state index contributed by atoms with van der Waals surface area (Å²) in [5.41, 5.74) is -0.854. The van der Waals surface area contributed by atoms with Gasteiger partial charge in [-0.25, -0.2) is 0 Å². The van der Waals surface area contributed by atoms with Crippen molar-refractivity contribution in [3.05, 3.63) is 18.0 Å². The third kappa shape index (κ3) is 2.91. The number of aromatic nitrogens is 2. The molecule has 1 saturated heterocycles. The van der Waals surface area contributed by atoms with Crippen LogP contribution in [0, 0.1) is 11.8 Å². The average Bonchev–Trinajstić information content (AvgIpc) is 2.97. The van der Waals surface area contributed by atoms with Crippen molar-refractivity contribution in [2.75, 3.05) is 13.1 Å². The maximum Gasteiger partial charge on any atom is 0.435 e. The van der Waals surface area contributed by atoms with Gasteiger partial charge in [0, 0.05) is 25.2 Å². The van der Waals surface area contributed by atoms with Gasteiger partial charge in [-0.3, -0.25) is 9.48 Å². The zero-order valence-electron chi connectivity index (χ0n) is 11.8. The van der Waals surface area contributed by atoms with Crippen molar-refractivity contribution in [1.82, 2.24) is 14.7 Å². The summed E-state index contributed by atoms with van der Waals surface area (Å²) in [7, 11) is 0. The molecule has 1 aromatic heterocycles. The smallest absolute Gasteiger partial charge is 0.342 e. The number of alkyl halides is 3. The number of amides is 1. The normalized spacial score (nSPS) is 27.0. The van der Waals surface area contributed by atoms with Crippen molar-refractivity contribution >= 4 is 5.91 Å². The Morgan fingerprint density at radius 1 is 1.33 bits per heavy atom. The molecule has 0 radical (unpaired) electrons. The number of carbonyl (C=O) groups excluding carboxylic acids is 1. The van der Waals surface area contributed by atoms with E-state index in [-0.39, 0.29) is 17.9 Å². The van der Waals surface area contributed by atoms with Gasteiger partial charge in [0.05, 0.1) is 6.04 Å². The first-order valence-electron chi connectivity index (χ1n) is 7.27. The van der Waals surface area contributed by atoms with Crippen molar-refractivity contribution in [1.29, 1.82) is 0 Å². The van der Waals surface area contributed by atoms with Gasteiger partial charge in [-0.05, 0) is 31.2 Å². The molecule has 1 aliphatic carbocycles. The van der Waals surface area contributed by atoms with Gasteiger partial charge in [0.2, 0.25) is 5.91 Å². The molecule has 1 aromatic rings. The zero-order valence-corrected chi connectivity index (χ0v) is 11.8. The van der Waals surface area contributed by atoms with Crippen LogP contribution in [-0.4, -0.2) is 33.7 Å². The highest BCUT2D eigenvalue weighted by atomic mass is 19.4. The fraction of sp³-hybridized carbons (Fsp3) is 0.714. The van der Waals surface area contributed by atoms with E-state index in [2.05, 4.69) is 12.0 Å². The maximum absolute atomic E-state index is 12.5. The maximum atomic E-state index is 12.5. The quantitative estimate of drug-likeness (QED) is 0.842. The molecular formula is C14H18F3N3O. The zero-order chi connectivity index (χ0) is 15.2. The number of likely N-dealkylation sites (tertiary alicyclic amines) is 1. The molecule has 7 heteroatoms. The average molecular weight is 301 g/mol. The number of hydrogen-bond donors (Lipinski definition) is 0. The molecule has 0 spiro atoms. The van der Waals surface area contributed by atoms with Gasteiger partial charge in [0.1, 0.15) is 0 Å². The Kier molecular flexibility index (Phi) is 3.45. The van der Waals surface area contributed by atoms with Crippen LogP contribution >= 0.6 is 0 Å². The number of nitrogens with zero attached hydrogens (tertiary/aromatic N) is 3. The second-order valence-electron chi connectivity index (χ2n) is 6.05. The molecule has 0 bridgehead atoms. The fourth-order valence-corrected chi connectivity index (χ4v) is 2.94. The van der Waals surface area contributed by atoms with Gasteiger partial charge >= 0.3 is 6.18 Å². The second-order valence-corrected chi connectivity index (χ2v) is 6.05. The Bertz CT molecular complexity index is 532. The topological polar surface area (TPSA) is 38.1 Å². The van der Waals surface area contributed by atoms with Crippen LogP contribution in [0.5, 0.6) is 0 Å². The van der Waals surface area contributed by atoms with Crippen LogP contribution in [0.15, 0.2) is 12.3 Å². The lowest BCUT2D eigenvalue weighted by Crippen LogP contribution is -2.40. The molecule has 1 aliphatic heterocycles. The van der Waals surface area contributed by atoms with E-state index in [0.717, 1.165) is 12.5 Å². The highest BCUT2D eigenvalue weighted by molar-refractivity contribution is 5.81. The molecule has 2 heterocycles. The van der Waals surface area contributed by atoms with E-state index in [4.69, 9.17) is 0 Å². The van der Waals surface area contributed by atoms with Crippen LogP contribution in [-0.2, 0) is 11.0 Å². The van der Waals surface area contributed by atoms with Gasteiger partial charge in [0.25, 0.3) is 0 Å². The van der Waals surface area contributed by atoms with E-state index in [0.29, 0.717) is 31.8 Å². The van der Waals surface area contributed by atoms with E-state index in [9.17, 15) is 18.0 Å². The number of piperidine rings is 1. The van der Waals surface area contributed by atoms with Gasteiger partial charge in [-0.1, -0.05) is 6.92 Å². The molecule has 2 aliphatic rings. The molecular weight excluding hydrogens is 283 g/mol. The lowest BCUT2D eigenvalue weighted by atomic mass is 10.0. The van der Waals surface area contributed by atoms with Crippen LogP contribution in [0.1, 0.15) is 37.9 Å². The van der Waals surface area contributed by atoms with Crippen LogP contribution in [0.2, 0.25) is 0 Å². The summed E-state index contributed by atoms with van der Waals surface area (Å²) in [6, 6.07) is 0.949. The minimum Gasteiger partial charge on any atom is -0.342 e. The lowest BCUT2D eigenvalue weighted by Gasteiger charge is -2.32. The molecule has 2 fully saturated rings. The van der Waals surface area contributed by atoms with Gasteiger partial charge in [-0.2, -0.15) is 18.3 Å². The van der Waals surface area contributed by atoms with Crippen LogP contribution in [0.4, 0.5) is 13.2 Å². The minimum absolute atomic E-state index is 0.0539. The van der Waals surface area contributed by atoms with Crippen LogP contribution in [0.25, 0.3) is 0 Å². The summed E-state index contributed by atoms with van der Waals surface area (Å²) >= 11 is 0. The van der Waals surface area contributed by atoms with E-state index >= 15 is 0 Å². The summed E-state index contributed by atoms with van der Waals surface area (Å²) in [5, 5.41) is 3.62. The predicted octanol–water partition coefficient (Wildman–Crippen LogP) is 2.72. The Morgan fingerprint density at radius 2 is 1.95 bits per heavy atom. The third-order valence-corrected chi connectivity index (χ3v) is 4.48.